The van der Waals surface area contributed by atoms with E-state index in [0.717, 1.165) is 44.5 Å². The van der Waals surface area contributed by atoms with Gasteiger partial charge >= 0.3 is 5.97 Å². The lowest BCUT2D eigenvalue weighted by molar-refractivity contribution is -0.154. The molecule has 12 rings (SSSR count). The van der Waals surface area contributed by atoms with E-state index in [4.69, 9.17) is 19.7 Å². The Bertz CT molecular complexity index is 3660. The summed E-state index contributed by atoms with van der Waals surface area (Å²) >= 11 is 4.25. The van der Waals surface area contributed by atoms with Gasteiger partial charge in [0.2, 0.25) is 5.60 Å². The van der Waals surface area contributed by atoms with Crippen LogP contribution in [0.25, 0.3) is 0 Å². The average molecular weight is 1300 g/mol. The van der Waals surface area contributed by atoms with Crippen LogP contribution in [0, 0.1) is 0 Å². The molecule has 430 valence electrons. The highest BCUT2D eigenvalue weighted by Crippen LogP contribution is 2.45. The van der Waals surface area contributed by atoms with Gasteiger partial charge in [-0.15, -0.1) is 47.1 Å². The number of halogens is 1. The molecule has 2 N–H and O–H groups in total. The molecule has 0 saturated carbocycles. The SMILES string of the molecule is CN1C=NN(C)C1SC=CC1=C(C(=O)OC(c2ccccc2)c2ccccc2)N2C(=O)C(NC(=O)C(=NOC(c3ccccc3)(c3ccccc3)c3ccccc3)c3csc(NC(c4ccccc4)(c4ccccc4)c4ccccc4)n3)[C@@H]2SC1.I. The van der Waals surface area contributed by atoms with E-state index in [-0.39, 0.29) is 46.6 Å². The van der Waals surface area contributed by atoms with Gasteiger partial charge in [0, 0.05) is 41.9 Å². The number of hydrazone groups is 1. The Hall–Kier alpha value is -8.75. The molecular formula is C69H59IN8O5S3. The fourth-order valence-corrected chi connectivity index (χ4v) is 13.9. The number of aromatic nitrogens is 1. The first kappa shape index (κ1) is 59.0. The number of ether oxygens (including phenoxy) is 1. The minimum absolute atomic E-state index is 0. The number of fused-ring (bicyclic) bond motifs is 1. The lowest BCUT2D eigenvalue weighted by atomic mass is 9.77. The van der Waals surface area contributed by atoms with Gasteiger partial charge in [0.1, 0.15) is 34.7 Å². The van der Waals surface area contributed by atoms with Crippen LogP contribution in [0.15, 0.2) is 281 Å². The molecule has 1 saturated heterocycles. The van der Waals surface area contributed by atoms with Crippen molar-refractivity contribution in [3.8, 4) is 0 Å². The molecule has 3 atom stereocenters. The number of β-lactam (4-membered cyclic amide) rings is 1. The lowest BCUT2D eigenvalue weighted by Gasteiger charge is -2.49. The maximum absolute atomic E-state index is 15.6. The molecule has 8 aromatic carbocycles. The monoisotopic (exact) mass is 1300 g/mol. The molecule has 1 aromatic heterocycles. The summed E-state index contributed by atoms with van der Waals surface area (Å²) in [5, 5.41) is 21.5. The Morgan fingerprint density at radius 2 is 1.12 bits per heavy atom. The van der Waals surface area contributed by atoms with Crippen molar-refractivity contribution < 1.29 is 24.0 Å². The maximum atomic E-state index is 15.6. The average Bonchev–Trinajstić information content (AvgIpc) is 0.904. The first-order valence-electron chi connectivity index (χ1n) is 27.7. The second-order valence-electron chi connectivity index (χ2n) is 20.4. The normalized spacial score (nSPS) is 16.8. The van der Waals surface area contributed by atoms with Crippen molar-refractivity contribution in [1.29, 1.82) is 0 Å². The minimum Gasteiger partial charge on any atom is -0.448 e. The number of rotatable bonds is 20. The van der Waals surface area contributed by atoms with Gasteiger partial charge in [-0.2, -0.15) is 5.10 Å². The highest BCUT2D eigenvalue weighted by molar-refractivity contribution is 14.0. The van der Waals surface area contributed by atoms with E-state index < -0.39 is 46.4 Å². The number of esters is 1. The number of carbonyl (C=O) groups excluding carboxylic acids is 3. The van der Waals surface area contributed by atoms with Crippen LogP contribution >= 0.6 is 58.8 Å². The number of oxime groups is 1. The molecule has 3 aliphatic rings. The van der Waals surface area contributed by atoms with Crippen LogP contribution in [0.5, 0.6) is 0 Å². The van der Waals surface area contributed by atoms with E-state index in [0.29, 0.717) is 16.5 Å². The van der Waals surface area contributed by atoms with E-state index in [1.165, 1.54) is 39.8 Å². The molecule has 2 unspecified atom stereocenters. The highest BCUT2D eigenvalue weighted by Gasteiger charge is 2.55. The third-order valence-electron chi connectivity index (χ3n) is 15.2. The Morgan fingerprint density at radius 1 is 0.663 bits per heavy atom. The van der Waals surface area contributed by atoms with E-state index in [1.807, 2.05) is 242 Å². The number of hydrogen-bond donors (Lipinski definition) is 2. The number of carbonyl (C=O) groups is 3. The number of hydrogen-bond acceptors (Lipinski definition) is 14. The van der Waals surface area contributed by atoms with E-state index in [9.17, 15) is 0 Å². The van der Waals surface area contributed by atoms with E-state index in [2.05, 4.69) is 52.1 Å². The molecular weight excluding hydrogens is 1240 g/mol. The molecule has 4 heterocycles. The summed E-state index contributed by atoms with van der Waals surface area (Å²) in [5.74, 6) is -1.57. The van der Waals surface area contributed by atoms with Crippen LogP contribution in [0.3, 0.4) is 0 Å². The molecule has 2 amide bonds. The summed E-state index contributed by atoms with van der Waals surface area (Å²) in [4.78, 5) is 61.4. The van der Waals surface area contributed by atoms with Crippen LogP contribution in [0.4, 0.5) is 5.13 Å². The quantitative estimate of drug-likeness (QED) is 0.0188. The summed E-state index contributed by atoms with van der Waals surface area (Å²) in [6, 6.07) is 77.8. The Morgan fingerprint density at radius 3 is 1.57 bits per heavy atom. The van der Waals surface area contributed by atoms with Gasteiger partial charge in [-0.1, -0.05) is 260 Å². The molecule has 9 aromatic rings. The number of thioether (sulfide) groups is 2. The fraction of sp³-hybridized carbons (Fsp3) is 0.130. The third kappa shape index (κ3) is 11.8. The molecule has 0 radical (unpaired) electrons. The lowest BCUT2D eigenvalue weighted by Crippen LogP contribution is -2.71. The van der Waals surface area contributed by atoms with Crippen LogP contribution in [-0.2, 0) is 35.1 Å². The number of nitrogens with one attached hydrogen (secondary N) is 2. The zero-order valence-corrected chi connectivity index (χ0v) is 51.6. The fourth-order valence-electron chi connectivity index (χ4n) is 11.0. The van der Waals surface area contributed by atoms with Crippen LogP contribution in [-0.4, -0.2) is 86.4 Å². The van der Waals surface area contributed by atoms with Gasteiger partial charge in [0.05, 0.1) is 0 Å². The smallest absolute Gasteiger partial charge is 0.356 e. The predicted molar refractivity (Wildman–Crippen MR) is 355 cm³/mol. The van der Waals surface area contributed by atoms with E-state index in [1.54, 1.807) is 11.7 Å². The van der Waals surface area contributed by atoms with Crippen molar-refractivity contribution in [2.24, 2.45) is 10.3 Å². The number of amides is 2. The topological polar surface area (TPSA) is 141 Å². The maximum Gasteiger partial charge on any atom is 0.356 e. The zero-order chi connectivity index (χ0) is 58.2. The minimum atomic E-state index is -1.38. The van der Waals surface area contributed by atoms with Gasteiger partial charge < -0.3 is 25.1 Å². The second-order valence-corrected chi connectivity index (χ2v) is 23.3. The van der Waals surface area contributed by atoms with Crippen molar-refractivity contribution in [2.75, 3.05) is 25.2 Å². The van der Waals surface area contributed by atoms with Crippen LogP contribution < -0.4 is 10.6 Å². The molecule has 1 fully saturated rings. The summed E-state index contributed by atoms with van der Waals surface area (Å²) < 4.78 is 6.50. The van der Waals surface area contributed by atoms with E-state index >= 15 is 14.4 Å². The van der Waals surface area contributed by atoms with Gasteiger partial charge in [-0.05, 0) is 44.9 Å². The van der Waals surface area contributed by atoms with Crippen LogP contribution in [0.2, 0.25) is 0 Å². The molecule has 0 aliphatic carbocycles. The predicted octanol–water partition coefficient (Wildman–Crippen LogP) is 13.2. The Labute approximate surface area is 529 Å². The van der Waals surface area contributed by atoms with Crippen molar-refractivity contribution in [3.63, 3.8) is 0 Å². The summed E-state index contributed by atoms with van der Waals surface area (Å²) in [7, 11) is 3.83. The molecule has 17 heteroatoms. The second kappa shape index (κ2) is 26.7. The molecule has 13 nitrogen and oxygen atoms in total. The van der Waals surface area contributed by atoms with Gasteiger partial charge in [-0.25, -0.2) is 9.78 Å². The van der Waals surface area contributed by atoms with Gasteiger partial charge in [0.15, 0.2) is 22.4 Å². The largest absolute Gasteiger partial charge is 0.448 e. The number of thiazole rings is 1. The van der Waals surface area contributed by atoms with Gasteiger partial charge in [-0.3, -0.25) is 19.5 Å². The summed E-state index contributed by atoms with van der Waals surface area (Å²) in [5.41, 5.74) is 4.94. The van der Waals surface area contributed by atoms with Crippen molar-refractivity contribution >= 4 is 93.8 Å². The number of anilines is 1. The van der Waals surface area contributed by atoms with Gasteiger partial charge in [0.25, 0.3) is 11.8 Å². The molecule has 3 aliphatic heterocycles. The number of benzene rings is 8. The standard InChI is InChI=1S/C69H58N8O5S3.HI/c1-75-47-70-76(2)67(75)83-44-43-50-45-84-64-59(63(79)77(64)60(50)65(80)81-61(48-27-11-3-12-28-48)49-29-13-4-14-30-49)72-62(78)58(74-82-69(54-37-21-8-22-38-54,55-39-23-9-24-40-55)56-41-25-10-26-42-56)57-46-85-66(71-57)73-68(51-31-15-5-16-32-51,52-33-17-6-18-34-52)53-35-19-7-20-36-53;/h3-44,46-47,59,61,64,67H,45H2,1-2H3,(H,71,73)(H,72,78);1H/t59?,64-,67?;/m0./s1. The number of nitrogens with zero attached hydrogens (tertiary/aromatic N) is 6. The first-order chi connectivity index (χ1) is 41.7. The number of allylic oxidation sites excluding steroid dienone is 1. The Kier molecular flexibility index (Phi) is 18.3. The zero-order valence-electron chi connectivity index (χ0n) is 46.8. The summed E-state index contributed by atoms with van der Waals surface area (Å²) in [6.45, 7) is 0. The molecule has 0 spiro atoms. The van der Waals surface area contributed by atoms with Crippen LogP contribution in [0.1, 0.15) is 56.3 Å². The van der Waals surface area contributed by atoms with Crippen molar-refractivity contribution in [3.05, 3.63) is 321 Å². The summed E-state index contributed by atoms with van der Waals surface area (Å²) in [6.07, 6.45) is 2.83. The molecule has 0 bridgehead atoms. The third-order valence-corrected chi connectivity index (χ3v) is 18.4. The van der Waals surface area contributed by atoms with Crippen molar-refractivity contribution in [2.45, 2.75) is 34.2 Å². The molecule has 86 heavy (non-hydrogen) atoms. The highest BCUT2D eigenvalue weighted by atomic mass is 127. The first-order valence-corrected chi connectivity index (χ1v) is 30.5. The van der Waals surface area contributed by atoms with Crippen molar-refractivity contribution in [1.82, 2.24) is 25.1 Å². The Balaban J connectivity index is 0.00000768.